The van der Waals surface area contributed by atoms with E-state index >= 15 is 0 Å². The Morgan fingerprint density at radius 1 is 1.43 bits per heavy atom. The van der Waals surface area contributed by atoms with Gasteiger partial charge < -0.3 is 19.8 Å². The third kappa shape index (κ3) is 3.37. The maximum absolute atomic E-state index is 11.8. The molecule has 1 amide bonds. The van der Waals surface area contributed by atoms with Gasteiger partial charge in [-0.1, -0.05) is 0 Å². The standard InChI is InChI=1S/C17H20N2O4/c1-22-13-4-5-14-12(7-16(20)23-15(14)8-13)10-19-6-2-3-11(9-19)17(18)21/h4-5,7-8,11H,2-3,6,9-10H2,1H3,(H2,18,21)/p+1/t11-/m0/s1. The van der Waals surface area contributed by atoms with Crippen molar-refractivity contribution in [3.8, 4) is 5.75 Å². The molecule has 0 aliphatic carbocycles. The fourth-order valence-corrected chi connectivity index (χ4v) is 3.31. The van der Waals surface area contributed by atoms with Crippen LogP contribution in [0.15, 0.2) is 33.5 Å². The molecule has 6 nitrogen and oxygen atoms in total. The smallest absolute Gasteiger partial charge is 0.336 e. The number of ether oxygens (including phenoxy) is 1. The molecular weight excluding hydrogens is 296 g/mol. The second-order valence-electron chi connectivity index (χ2n) is 6.08. The highest BCUT2D eigenvalue weighted by Crippen LogP contribution is 2.22. The fraction of sp³-hybridized carbons (Fsp3) is 0.412. The van der Waals surface area contributed by atoms with E-state index in [0.717, 1.165) is 30.3 Å². The number of hydrogen-bond acceptors (Lipinski definition) is 4. The van der Waals surface area contributed by atoms with Crippen LogP contribution in [0.3, 0.4) is 0 Å². The van der Waals surface area contributed by atoms with Crippen LogP contribution in [0.25, 0.3) is 11.0 Å². The lowest BCUT2D eigenvalue weighted by Crippen LogP contribution is -3.12. The number of nitrogens with one attached hydrogen (secondary N) is 1. The van der Waals surface area contributed by atoms with Crippen molar-refractivity contribution >= 4 is 16.9 Å². The number of carbonyl (C=O) groups is 1. The van der Waals surface area contributed by atoms with Crippen LogP contribution < -0.4 is 21.0 Å². The zero-order valence-electron chi connectivity index (χ0n) is 13.1. The summed E-state index contributed by atoms with van der Waals surface area (Å²) in [5.74, 6) is 0.339. The van der Waals surface area contributed by atoms with Gasteiger partial charge in [-0.2, -0.15) is 0 Å². The summed E-state index contributed by atoms with van der Waals surface area (Å²) in [5, 5.41) is 0.902. The van der Waals surface area contributed by atoms with Crippen LogP contribution in [-0.4, -0.2) is 26.1 Å². The number of amides is 1. The van der Waals surface area contributed by atoms with E-state index in [2.05, 4.69) is 0 Å². The molecule has 1 fully saturated rings. The predicted molar refractivity (Wildman–Crippen MR) is 85.4 cm³/mol. The number of benzene rings is 1. The Labute approximate surface area is 133 Å². The minimum absolute atomic E-state index is 0.0785. The van der Waals surface area contributed by atoms with Crippen LogP contribution in [0.2, 0.25) is 0 Å². The number of fused-ring (bicyclic) bond motifs is 1. The number of quaternary nitrogens is 1. The Balaban J connectivity index is 1.90. The Morgan fingerprint density at radius 3 is 3.00 bits per heavy atom. The molecule has 1 saturated heterocycles. The zero-order valence-corrected chi connectivity index (χ0v) is 13.1. The summed E-state index contributed by atoms with van der Waals surface area (Å²) in [4.78, 5) is 24.5. The average Bonchev–Trinajstić information content (AvgIpc) is 2.54. The summed E-state index contributed by atoms with van der Waals surface area (Å²) >= 11 is 0. The predicted octanol–water partition coefficient (Wildman–Crippen LogP) is 0.0818. The van der Waals surface area contributed by atoms with E-state index in [4.69, 9.17) is 14.9 Å². The molecule has 1 aromatic carbocycles. The van der Waals surface area contributed by atoms with Crippen molar-refractivity contribution in [2.45, 2.75) is 19.4 Å². The van der Waals surface area contributed by atoms with E-state index in [1.54, 1.807) is 13.2 Å². The second kappa shape index (κ2) is 6.42. The first-order valence-electron chi connectivity index (χ1n) is 7.80. The first-order valence-corrected chi connectivity index (χ1v) is 7.80. The molecule has 1 aliphatic rings. The maximum Gasteiger partial charge on any atom is 0.336 e. The van der Waals surface area contributed by atoms with Gasteiger partial charge in [0.15, 0.2) is 0 Å². The van der Waals surface area contributed by atoms with Gasteiger partial charge in [-0.3, -0.25) is 4.79 Å². The summed E-state index contributed by atoms with van der Waals surface area (Å²) in [6.07, 6.45) is 1.82. The number of rotatable bonds is 4. The average molecular weight is 317 g/mol. The largest absolute Gasteiger partial charge is 0.497 e. The highest BCUT2D eigenvalue weighted by molar-refractivity contribution is 5.81. The Kier molecular flexibility index (Phi) is 4.34. The van der Waals surface area contributed by atoms with Crippen molar-refractivity contribution in [3.63, 3.8) is 0 Å². The van der Waals surface area contributed by atoms with Crippen molar-refractivity contribution < 1.29 is 18.8 Å². The van der Waals surface area contributed by atoms with Crippen LogP contribution >= 0.6 is 0 Å². The molecule has 3 rings (SSSR count). The van der Waals surface area contributed by atoms with Crippen LogP contribution in [-0.2, 0) is 11.3 Å². The molecule has 0 spiro atoms. The van der Waals surface area contributed by atoms with Gasteiger partial charge in [-0.25, -0.2) is 4.79 Å². The highest BCUT2D eigenvalue weighted by atomic mass is 16.5. The molecule has 2 heterocycles. The van der Waals surface area contributed by atoms with Crippen molar-refractivity contribution in [3.05, 3.63) is 40.2 Å². The lowest BCUT2D eigenvalue weighted by Gasteiger charge is -2.28. The van der Waals surface area contributed by atoms with Crippen molar-refractivity contribution in [2.75, 3.05) is 20.2 Å². The molecule has 3 N–H and O–H groups in total. The van der Waals surface area contributed by atoms with Gasteiger partial charge in [-0.05, 0) is 25.0 Å². The minimum Gasteiger partial charge on any atom is -0.497 e. The van der Waals surface area contributed by atoms with Gasteiger partial charge >= 0.3 is 5.63 Å². The van der Waals surface area contributed by atoms with E-state index in [9.17, 15) is 9.59 Å². The fourth-order valence-electron chi connectivity index (χ4n) is 3.31. The van der Waals surface area contributed by atoms with Crippen molar-refractivity contribution in [2.24, 2.45) is 11.7 Å². The minimum atomic E-state index is -0.372. The van der Waals surface area contributed by atoms with E-state index in [0.29, 0.717) is 24.4 Å². The SMILES string of the molecule is COc1ccc2c(C[NH+]3CCC[C@H](C(N)=O)C3)cc(=O)oc2c1. The number of carbonyl (C=O) groups excluding carboxylic acids is 1. The summed E-state index contributed by atoms with van der Waals surface area (Å²) in [6.45, 7) is 2.37. The Hall–Kier alpha value is -2.34. The van der Waals surface area contributed by atoms with Gasteiger partial charge in [0.1, 0.15) is 17.9 Å². The van der Waals surface area contributed by atoms with Gasteiger partial charge in [0, 0.05) is 23.1 Å². The number of likely N-dealkylation sites (tertiary alicyclic amines) is 1. The number of nitrogens with two attached hydrogens (primary N) is 1. The molecule has 23 heavy (non-hydrogen) atoms. The van der Waals surface area contributed by atoms with Crippen molar-refractivity contribution in [1.82, 2.24) is 0 Å². The molecule has 1 aromatic heterocycles. The number of primary amides is 1. The van der Waals surface area contributed by atoms with Gasteiger partial charge in [0.2, 0.25) is 5.91 Å². The molecule has 1 unspecified atom stereocenters. The Bertz CT molecular complexity index is 784. The number of hydrogen-bond donors (Lipinski definition) is 2. The van der Waals surface area contributed by atoms with E-state index in [-0.39, 0.29) is 17.5 Å². The molecule has 6 heteroatoms. The lowest BCUT2D eigenvalue weighted by atomic mass is 9.97. The van der Waals surface area contributed by atoms with Crippen molar-refractivity contribution in [1.29, 1.82) is 0 Å². The topological polar surface area (TPSA) is 87.0 Å². The van der Waals surface area contributed by atoms with Gasteiger partial charge in [0.25, 0.3) is 0 Å². The third-order valence-electron chi connectivity index (χ3n) is 4.50. The van der Waals surface area contributed by atoms with E-state index < -0.39 is 0 Å². The van der Waals surface area contributed by atoms with Crippen LogP contribution in [0.4, 0.5) is 0 Å². The summed E-state index contributed by atoms with van der Waals surface area (Å²) in [6, 6.07) is 7.01. The first-order chi connectivity index (χ1) is 11.1. The normalized spacial score (nSPS) is 21.3. The molecule has 0 radical (unpaired) electrons. The van der Waals surface area contributed by atoms with Crippen LogP contribution in [0.1, 0.15) is 18.4 Å². The molecular formula is C17H21N2O4+. The molecule has 122 valence electrons. The summed E-state index contributed by atoms with van der Waals surface area (Å²) in [7, 11) is 1.57. The lowest BCUT2D eigenvalue weighted by molar-refractivity contribution is -0.920. The maximum atomic E-state index is 11.8. The Morgan fingerprint density at radius 2 is 2.26 bits per heavy atom. The molecule has 2 aromatic rings. The second-order valence-corrected chi connectivity index (χ2v) is 6.08. The number of piperidine rings is 1. The quantitative estimate of drug-likeness (QED) is 0.782. The van der Waals surface area contributed by atoms with Crippen LogP contribution in [0, 0.1) is 5.92 Å². The molecule has 1 aliphatic heterocycles. The molecule has 0 saturated carbocycles. The molecule has 2 atom stereocenters. The van der Waals surface area contributed by atoms with Crippen LogP contribution in [0.5, 0.6) is 5.75 Å². The third-order valence-corrected chi connectivity index (χ3v) is 4.50. The van der Waals surface area contributed by atoms with Gasteiger partial charge in [0.05, 0.1) is 26.1 Å². The summed E-state index contributed by atoms with van der Waals surface area (Å²) < 4.78 is 10.4. The number of methoxy groups -OCH3 is 1. The summed E-state index contributed by atoms with van der Waals surface area (Å²) in [5.41, 5.74) is 6.52. The van der Waals surface area contributed by atoms with Gasteiger partial charge in [-0.15, -0.1) is 0 Å². The van der Waals surface area contributed by atoms with E-state index in [1.165, 1.54) is 11.0 Å². The molecule has 0 bridgehead atoms. The van der Waals surface area contributed by atoms with E-state index in [1.807, 2.05) is 12.1 Å². The highest BCUT2D eigenvalue weighted by Gasteiger charge is 2.27. The zero-order chi connectivity index (χ0) is 16.4. The monoisotopic (exact) mass is 317 g/mol. The first kappa shape index (κ1) is 15.6.